The highest BCUT2D eigenvalue weighted by atomic mass is 32.2. The number of hydrogen-bond acceptors (Lipinski definition) is 4. The molecule has 0 fully saturated rings. The molecular weight excluding hydrogens is 276 g/mol. The molecule has 2 heterocycles. The topological polar surface area (TPSA) is 32.3 Å². The fourth-order valence-corrected chi connectivity index (χ4v) is 3.97. The van der Waals surface area contributed by atoms with Crippen LogP contribution in [0, 0.1) is 0 Å². The number of nitrogens with one attached hydrogen (secondary N) is 1. The summed E-state index contributed by atoms with van der Waals surface area (Å²) < 4.78 is 0. The third kappa shape index (κ3) is 3.97. The molecule has 0 aromatic carbocycles. The van der Waals surface area contributed by atoms with E-state index in [0.29, 0.717) is 12.6 Å². The molecule has 0 saturated heterocycles. The van der Waals surface area contributed by atoms with Crippen LogP contribution in [0.5, 0.6) is 0 Å². The van der Waals surface area contributed by atoms with Crippen LogP contribution >= 0.6 is 23.1 Å². The zero-order chi connectivity index (χ0) is 13.7. The molecule has 1 N–H and O–H groups in total. The van der Waals surface area contributed by atoms with E-state index in [4.69, 9.17) is 0 Å². The van der Waals surface area contributed by atoms with Gasteiger partial charge in [0.25, 0.3) is 0 Å². The molecule has 1 aromatic rings. The van der Waals surface area contributed by atoms with Gasteiger partial charge in [-0.2, -0.15) is 11.8 Å². The van der Waals surface area contributed by atoms with Crippen molar-refractivity contribution in [3.63, 3.8) is 0 Å². The largest absolute Gasteiger partial charge is 0.337 e. The molecule has 1 aliphatic heterocycles. The van der Waals surface area contributed by atoms with E-state index in [-0.39, 0.29) is 5.91 Å². The Balaban J connectivity index is 1.81. The quantitative estimate of drug-likeness (QED) is 0.875. The van der Waals surface area contributed by atoms with Crippen molar-refractivity contribution in [2.75, 3.05) is 25.1 Å². The van der Waals surface area contributed by atoms with Gasteiger partial charge in [0, 0.05) is 29.8 Å². The maximum Gasteiger partial charge on any atom is 0.236 e. The second-order valence-electron chi connectivity index (χ2n) is 4.88. The van der Waals surface area contributed by atoms with Crippen LogP contribution in [0.15, 0.2) is 11.4 Å². The zero-order valence-corrected chi connectivity index (χ0v) is 13.3. The Labute approximate surface area is 123 Å². The molecular formula is C14H22N2OS2. The Kier molecular flexibility index (Phi) is 5.73. The number of hydrogen-bond donors (Lipinski definition) is 1. The summed E-state index contributed by atoms with van der Waals surface area (Å²) in [5.41, 5.74) is 1.33. The van der Waals surface area contributed by atoms with Gasteiger partial charge in [0.2, 0.25) is 5.91 Å². The number of nitrogens with zero attached hydrogens (tertiary/aromatic N) is 1. The van der Waals surface area contributed by atoms with E-state index in [1.807, 2.05) is 28.0 Å². The number of thiophene rings is 1. The van der Waals surface area contributed by atoms with Crippen molar-refractivity contribution in [2.24, 2.45) is 0 Å². The lowest BCUT2D eigenvalue weighted by molar-refractivity contribution is -0.131. The van der Waals surface area contributed by atoms with Gasteiger partial charge in [-0.25, -0.2) is 0 Å². The minimum Gasteiger partial charge on any atom is -0.337 e. The third-order valence-corrected chi connectivity index (χ3v) is 5.32. The van der Waals surface area contributed by atoms with Gasteiger partial charge in [0.1, 0.15) is 0 Å². The van der Waals surface area contributed by atoms with Crippen LogP contribution in [0.2, 0.25) is 0 Å². The van der Waals surface area contributed by atoms with Crippen LogP contribution in [0.1, 0.15) is 23.8 Å². The van der Waals surface area contributed by atoms with Gasteiger partial charge < -0.3 is 10.2 Å². The van der Waals surface area contributed by atoms with Crippen LogP contribution in [0.25, 0.3) is 0 Å². The SMILES string of the molecule is CCC(CSC)NCC(=O)N1CCc2sccc2C1. The number of thioether (sulfide) groups is 1. The fourth-order valence-electron chi connectivity index (χ4n) is 2.33. The minimum absolute atomic E-state index is 0.233. The number of fused-ring (bicyclic) bond motifs is 1. The third-order valence-electron chi connectivity index (χ3n) is 3.56. The molecule has 0 aliphatic carbocycles. The van der Waals surface area contributed by atoms with Crippen LogP contribution in [0.3, 0.4) is 0 Å². The molecule has 0 spiro atoms. The molecule has 5 heteroatoms. The smallest absolute Gasteiger partial charge is 0.236 e. The van der Waals surface area contributed by atoms with Gasteiger partial charge in [-0.05, 0) is 36.1 Å². The predicted molar refractivity (Wildman–Crippen MR) is 83.9 cm³/mol. The maximum absolute atomic E-state index is 12.2. The molecule has 0 radical (unpaired) electrons. The number of carbonyl (C=O) groups excluding carboxylic acids is 1. The molecule has 106 valence electrons. The molecule has 0 bridgehead atoms. The first kappa shape index (κ1) is 14.9. The molecule has 1 aliphatic rings. The summed E-state index contributed by atoms with van der Waals surface area (Å²) in [6.45, 7) is 4.29. The zero-order valence-electron chi connectivity index (χ0n) is 11.6. The summed E-state index contributed by atoms with van der Waals surface area (Å²) in [7, 11) is 0. The molecule has 1 atom stereocenters. The van der Waals surface area contributed by atoms with Crippen molar-refractivity contribution in [3.05, 3.63) is 21.9 Å². The lowest BCUT2D eigenvalue weighted by Crippen LogP contribution is -2.44. The van der Waals surface area contributed by atoms with E-state index >= 15 is 0 Å². The highest BCUT2D eigenvalue weighted by Crippen LogP contribution is 2.23. The summed E-state index contributed by atoms with van der Waals surface area (Å²) >= 11 is 3.64. The maximum atomic E-state index is 12.2. The highest BCUT2D eigenvalue weighted by molar-refractivity contribution is 7.98. The van der Waals surface area contributed by atoms with Gasteiger partial charge in [0.15, 0.2) is 0 Å². The van der Waals surface area contributed by atoms with Crippen LogP contribution in [-0.4, -0.2) is 41.9 Å². The standard InChI is InChI=1S/C14H22N2OS2/c1-3-12(10-18-2)15-8-14(17)16-6-4-13-11(9-16)5-7-19-13/h5,7,12,15H,3-4,6,8-10H2,1-2H3. The van der Waals surface area contributed by atoms with Gasteiger partial charge >= 0.3 is 0 Å². The number of amides is 1. The lowest BCUT2D eigenvalue weighted by atomic mass is 10.1. The van der Waals surface area contributed by atoms with Gasteiger partial charge in [-0.3, -0.25) is 4.79 Å². The van der Waals surface area contributed by atoms with E-state index in [0.717, 1.165) is 31.7 Å². The Morgan fingerprint density at radius 2 is 2.47 bits per heavy atom. The summed E-state index contributed by atoms with van der Waals surface area (Å²) in [6, 6.07) is 2.59. The van der Waals surface area contributed by atoms with Gasteiger partial charge in [-0.15, -0.1) is 11.3 Å². The Morgan fingerprint density at radius 1 is 1.63 bits per heavy atom. The number of carbonyl (C=O) groups is 1. The normalized spacial score (nSPS) is 16.2. The van der Waals surface area contributed by atoms with Crippen LogP contribution in [-0.2, 0) is 17.8 Å². The Hall–Kier alpha value is -0.520. The Morgan fingerprint density at radius 3 is 3.21 bits per heavy atom. The van der Waals surface area contributed by atoms with Gasteiger partial charge in [0.05, 0.1) is 6.54 Å². The Bertz CT molecular complexity index is 419. The minimum atomic E-state index is 0.233. The van der Waals surface area contributed by atoms with Crippen molar-refractivity contribution in [2.45, 2.75) is 32.4 Å². The lowest BCUT2D eigenvalue weighted by Gasteiger charge is -2.28. The first-order valence-corrected chi connectivity index (χ1v) is 9.07. The van der Waals surface area contributed by atoms with E-state index in [1.54, 1.807) is 0 Å². The molecule has 2 rings (SSSR count). The van der Waals surface area contributed by atoms with Crippen LogP contribution in [0.4, 0.5) is 0 Å². The molecule has 19 heavy (non-hydrogen) atoms. The average Bonchev–Trinajstić information content (AvgIpc) is 2.90. The van der Waals surface area contributed by atoms with Crippen LogP contribution < -0.4 is 5.32 Å². The van der Waals surface area contributed by atoms with E-state index in [2.05, 4.69) is 29.9 Å². The van der Waals surface area contributed by atoms with Crippen molar-refractivity contribution in [1.29, 1.82) is 0 Å². The predicted octanol–water partition coefficient (Wildman–Crippen LogP) is 2.36. The molecule has 1 aromatic heterocycles. The first-order chi connectivity index (χ1) is 9.24. The summed E-state index contributed by atoms with van der Waals surface area (Å²) in [5.74, 6) is 1.30. The van der Waals surface area contributed by atoms with E-state index in [9.17, 15) is 4.79 Å². The molecule has 1 amide bonds. The van der Waals surface area contributed by atoms with Crippen molar-refractivity contribution < 1.29 is 4.79 Å². The van der Waals surface area contributed by atoms with E-state index < -0.39 is 0 Å². The molecule has 0 saturated carbocycles. The molecule has 1 unspecified atom stereocenters. The number of rotatable bonds is 6. The van der Waals surface area contributed by atoms with Crippen molar-refractivity contribution in [1.82, 2.24) is 10.2 Å². The fraction of sp³-hybridized carbons (Fsp3) is 0.643. The van der Waals surface area contributed by atoms with Crippen molar-refractivity contribution in [3.8, 4) is 0 Å². The summed E-state index contributed by atoms with van der Waals surface area (Å²) in [6.07, 6.45) is 4.19. The first-order valence-electron chi connectivity index (χ1n) is 6.80. The second-order valence-corrected chi connectivity index (χ2v) is 6.79. The van der Waals surface area contributed by atoms with E-state index in [1.165, 1.54) is 10.4 Å². The van der Waals surface area contributed by atoms with Crippen molar-refractivity contribution >= 4 is 29.0 Å². The summed E-state index contributed by atoms with van der Waals surface area (Å²) in [4.78, 5) is 15.6. The summed E-state index contributed by atoms with van der Waals surface area (Å²) in [5, 5.41) is 5.50. The average molecular weight is 298 g/mol. The monoisotopic (exact) mass is 298 g/mol. The highest BCUT2D eigenvalue weighted by Gasteiger charge is 2.21. The second kappa shape index (κ2) is 7.31. The van der Waals surface area contributed by atoms with Gasteiger partial charge in [-0.1, -0.05) is 6.92 Å². The molecule has 3 nitrogen and oxygen atoms in total.